The van der Waals surface area contributed by atoms with Gasteiger partial charge in [0, 0.05) is 30.1 Å². The molecule has 29 heavy (non-hydrogen) atoms. The molecule has 0 N–H and O–H groups in total. The fraction of sp³-hybridized carbons (Fsp3) is 0.333. The summed E-state index contributed by atoms with van der Waals surface area (Å²) in [6.07, 6.45) is 2.58. The van der Waals surface area contributed by atoms with E-state index < -0.39 is 12.6 Å². The maximum absolute atomic E-state index is 12.4. The van der Waals surface area contributed by atoms with Crippen molar-refractivity contribution >= 4 is 17.8 Å². The summed E-state index contributed by atoms with van der Waals surface area (Å²) in [4.78, 5) is 24.2. The van der Waals surface area contributed by atoms with Crippen LogP contribution in [0.1, 0.15) is 34.2 Å². The van der Waals surface area contributed by atoms with E-state index >= 15 is 0 Å². The first kappa shape index (κ1) is 22.1. The molecule has 0 saturated heterocycles. The monoisotopic (exact) mass is 407 g/mol. The largest absolute Gasteiger partial charge is 0.490 e. The summed E-state index contributed by atoms with van der Waals surface area (Å²) >= 11 is 0. The average Bonchev–Trinajstić information content (AvgIpc) is 2.93. The van der Waals surface area contributed by atoms with Crippen molar-refractivity contribution in [1.82, 2.24) is 4.57 Å². The third kappa shape index (κ3) is 5.91. The Morgan fingerprint density at radius 3 is 2.48 bits per heavy atom. The quantitative estimate of drug-likeness (QED) is 0.356. The number of esters is 1. The third-order valence-corrected chi connectivity index (χ3v) is 4.32. The predicted octanol–water partition coefficient (Wildman–Crippen LogP) is 4.08. The van der Waals surface area contributed by atoms with Crippen LogP contribution in [0.2, 0.25) is 0 Å². The lowest BCUT2D eigenvalue weighted by Crippen LogP contribution is -2.13. The second kappa shape index (κ2) is 9.86. The van der Waals surface area contributed by atoms with Crippen molar-refractivity contribution < 1.29 is 32.6 Å². The van der Waals surface area contributed by atoms with Crippen molar-refractivity contribution in [2.45, 2.75) is 27.4 Å². The molecule has 2 rings (SSSR count). The molecule has 2 aromatic rings. The van der Waals surface area contributed by atoms with Crippen LogP contribution in [0.25, 0.3) is 6.08 Å². The minimum absolute atomic E-state index is 0.0966. The Kier molecular flexibility index (Phi) is 7.52. The second-order valence-corrected chi connectivity index (χ2v) is 6.23. The maximum Gasteiger partial charge on any atom is 0.387 e. The van der Waals surface area contributed by atoms with Crippen molar-refractivity contribution in [3.05, 3.63) is 52.9 Å². The maximum atomic E-state index is 12.4. The summed E-state index contributed by atoms with van der Waals surface area (Å²) in [7, 11) is 1.85. The van der Waals surface area contributed by atoms with Crippen molar-refractivity contribution in [1.29, 1.82) is 0 Å². The van der Waals surface area contributed by atoms with E-state index in [9.17, 15) is 18.4 Å². The highest BCUT2D eigenvalue weighted by Crippen LogP contribution is 2.30. The van der Waals surface area contributed by atoms with Gasteiger partial charge in [0.05, 0.1) is 6.61 Å². The molecule has 0 atom stereocenters. The molecule has 0 amide bonds. The van der Waals surface area contributed by atoms with E-state index in [1.54, 1.807) is 13.0 Å². The normalized spacial score (nSPS) is 11.1. The summed E-state index contributed by atoms with van der Waals surface area (Å²) in [5, 5.41) is 0. The number of alkyl halides is 2. The van der Waals surface area contributed by atoms with Gasteiger partial charge in [-0.15, -0.1) is 0 Å². The first-order valence-corrected chi connectivity index (χ1v) is 8.95. The average molecular weight is 407 g/mol. The number of hydrogen-bond acceptors (Lipinski definition) is 5. The molecule has 156 valence electrons. The van der Waals surface area contributed by atoms with Crippen molar-refractivity contribution in [2.24, 2.45) is 7.05 Å². The zero-order valence-electron chi connectivity index (χ0n) is 16.7. The Bertz CT molecular complexity index is 918. The summed E-state index contributed by atoms with van der Waals surface area (Å²) in [5.74, 6) is -0.955. The zero-order chi connectivity index (χ0) is 21.6. The van der Waals surface area contributed by atoms with Crippen LogP contribution in [0.4, 0.5) is 8.78 Å². The summed E-state index contributed by atoms with van der Waals surface area (Å²) in [6, 6.07) is 6.03. The lowest BCUT2D eigenvalue weighted by Gasteiger charge is -2.11. The van der Waals surface area contributed by atoms with Crippen LogP contribution in [0, 0.1) is 13.8 Å². The number of carbonyl (C=O) groups excluding carboxylic acids is 2. The lowest BCUT2D eigenvalue weighted by atomic mass is 10.1. The minimum atomic E-state index is -2.97. The van der Waals surface area contributed by atoms with E-state index in [-0.39, 0.29) is 30.5 Å². The topological polar surface area (TPSA) is 66.8 Å². The molecule has 1 heterocycles. The number of rotatable bonds is 9. The second-order valence-electron chi connectivity index (χ2n) is 6.23. The van der Waals surface area contributed by atoms with E-state index in [4.69, 9.17) is 9.47 Å². The van der Waals surface area contributed by atoms with Gasteiger partial charge in [-0.3, -0.25) is 4.79 Å². The van der Waals surface area contributed by atoms with Gasteiger partial charge in [-0.1, -0.05) is 6.07 Å². The molecule has 0 aliphatic carbocycles. The predicted molar refractivity (Wildman–Crippen MR) is 103 cm³/mol. The van der Waals surface area contributed by atoms with Gasteiger partial charge < -0.3 is 18.8 Å². The highest BCUT2D eigenvalue weighted by atomic mass is 19.3. The van der Waals surface area contributed by atoms with Gasteiger partial charge in [0.25, 0.3) is 0 Å². The van der Waals surface area contributed by atoms with Crippen LogP contribution < -0.4 is 9.47 Å². The molecule has 0 spiro atoms. The molecule has 1 aromatic carbocycles. The molecule has 1 aromatic heterocycles. The molecule has 0 bridgehead atoms. The third-order valence-electron chi connectivity index (χ3n) is 4.32. The van der Waals surface area contributed by atoms with Gasteiger partial charge in [-0.25, -0.2) is 4.79 Å². The molecule has 8 heteroatoms. The molecule has 0 aliphatic heterocycles. The van der Waals surface area contributed by atoms with E-state index in [2.05, 4.69) is 4.74 Å². The highest BCUT2D eigenvalue weighted by Gasteiger charge is 2.15. The lowest BCUT2D eigenvalue weighted by molar-refractivity contribution is -0.136. The Morgan fingerprint density at radius 2 is 1.90 bits per heavy atom. The molecular formula is C21H23F2NO5. The van der Waals surface area contributed by atoms with E-state index in [0.717, 1.165) is 17.5 Å². The number of aryl methyl sites for hydroxylation is 1. The molecule has 0 saturated carbocycles. The summed E-state index contributed by atoms with van der Waals surface area (Å²) < 4.78 is 41.4. The van der Waals surface area contributed by atoms with Gasteiger partial charge >= 0.3 is 12.6 Å². The van der Waals surface area contributed by atoms with Gasteiger partial charge in [0.2, 0.25) is 5.78 Å². The molecule has 0 aliphatic rings. The number of benzene rings is 1. The van der Waals surface area contributed by atoms with Crippen LogP contribution in [0.5, 0.6) is 11.5 Å². The van der Waals surface area contributed by atoms with Crippen LogP contribution in [-0.2, 0) is 16.6 Å². The highest BCUT2D eigenvalue weighted by molar-refractivity contribution is 6.00. The standard InChI is InChI=1S/C21H23F2NO5/c1-5-27-19-11-15(6-8-18(19)29-21(22)23)7-9-20(26)28-12-17(25)16-10-13(2)24(4)14(16)3/h6-11,21H,5,12H2,1-4H3/b9-7+. The first-order valence-electron chi connectivity index (χ1n) is 8.95. The Labute approximate surface area is 167 Å². The molecular weight excluding hydrogens is 384 g/mol. The summed E-state index contributed by atoms with van der Waals surface area (Å²) in [6.45, 7) is 2.32. The van der Waals surface area contributed by atoms with E-state index in [1.807, 2.05) is 25.5 Å². The van der Waals surface area contributed by atoms with Crippen molar-refractivity contribution in [2.75, 3.05) is 13.2 Å². The Balaban J connectivity index is 2.00. The van der Waals surface area contributed by atoms with Gasteiger partial charge in [-0.2, -0.15) is 8.78 Å². The number of hydrogen-bond donors (Lipinski definition) is 0. The number of aromatic nitrogens is 1. The van der Waals surface area contributed by atoms with E-state index in [1.165, 1.54) is 24.3 Å². The SMILES string of the molecule is CCOc1cc(/C=C/C(=O)OCC(=O)c2cc(C)n(C)c2C)ccc1OC(F)F. The Hall–Kier alpha value is -3.16. The van der Waals surface area contributed by atoms with Crippen molar-refractivity contribution in [3.8, 4) is 11.5 Å². The molecule has 0 unspecified atom stereocenters. The van der Waals surface area contributed by atoms with Crippen LogP contribution in [0.15, 0.2) is 30.3 Å². The van der Waals surface area contributed by atoms with Crippen LogP contribution in [-0.4, -0.2) is 36.1 Å². The van der Waals surface area contributed by atoms with Gasteiger partial charge in [0.15, 0.2) is 18.1 Å². The van der Waals surface area contributed by atoms with Crippen LogP contribution in [0.3, 0.4) is 0 Å². The minimum Gasteiger partial charge on any atom is -0.490 e. The van der Waals surface area contributed by atoms with Crippen LogP contribution >= 0.6 is 0 Å². The van der Waals surface area contributed by atoms with Crippen molar-refractivity contribution in [3.63, 3.8) is 0 Å². The number of ether oxygens (including phenoxy) is 3. The first-order chi connectivity index (χ1) is 13.7. The van der Waals surface area contributed by atoms with Gasteiger partial charge in [0.1, 0.15) is 0 Å². The molecule has 6 nitrogen and oxygen atoms in total. The zero-order valence-corrected chi connectivity index (χ0v) is 16.7. The number of carbonyl (C=O) groups is 2. The fourth-order valence-corrected chi connectivity index (χ4v) is 2.65. The molecule has 0 radical (unpaired) electrons. The summed E-state index contributed by atoms with van der Waals surface area (Å²) in [5.41, 5.74) is 2.76. The van der Waals surface area contributed by atoms with E-state index in [0.29, 0.717) is 11.1 Å². The Morgan fingerprint density at radius 1 is 1.17 bits per heavy atom. The fourth-order valence-electron chi connectivity index (χ4n) is 2.65. The molecule has 0 fully saturated rings. The number of halogens is 2. The van der Waals surface area contributed by atoms with Gasteiger partial charge in [-0.05, 0) is 50.6 Å². The number of Topliss-reactive ketones (excluding diaryl/α,β-unsaturated/α-hetero) is 1. The number of nitrogens with zero attached hydrogens (tertiary/aromatic N) is 1. The number of ketones is 1. The smallest absolute Gasteiger partial charge is 0.387 e.